The van der Waals surface area contributed by atoms with E-state index in [2.05, 4.69) is 27.5 Å². The highest BCUT2D eigenvalue weighted by atomic mass is 16.2. The predicted molar refractivity (Wildman–Crippen MR) is 107 cm³/mol. The molecule has 1 amide bonds. The van der Waals surface area contributed by atoms with Crippen LogP contribution in [0.2, 0.25) is 0 Å². The van der Waals surface area contributed by atoms with E-state index in [-0.39, 0.29) is 17.5 Å². The van der Waals surface area contributed by atoms with Crippen molar-refractivity contribution in [3.8, 4) is 11.1 Å². The van der Waals surface area contributed by atoms with Gasteiger partial charge in [0.2, 0.25) is 5.91 Å². The third-order valence-corrected chi connectivity index (χ3v) is 4.55. The van der Waals surface area contributed by atoms with Crippen molar-refractivity contribution >= 4 is 11.6 Å². The molecule has 0 radical (unpaired) electrons. The number of carbonyl (C=O) groups excluding carboxylic acids is 1. The summed E-state index contributed by atoms with van der Waals surface area (Å²) in [5, 5.41) is 6.21. The standard InChI is InChI=1S/C20H25N5O2/c1-3-16-9-14(6-8-22-16)15-10-18(20(27)23-11-15)24-17-12-25(13-17)19(26)5-4-7-21-2/h4-6,8-11,17,21,24H,3,7,12-13H2,1-2H3,(H,23,27)/b5-4+. The molecule has 1 saturated heterocycles. The molecule has 7 nitrogen and oxygen atoms in total. The number of rotatable bonds is 7. The van der Waals surface area contributed by atoms with Crippen LogP contribution in [-0.4, -0.2) is 53.5 Å². The van der Waals surface area contributed by atoms with Crippen molar-refractivity contribution in [1.29, 1.82) is 0 Å². The van der Waals surface area contributed by atoms with Gasteiger partial charge in [0.05, 0.1) is 6.04 Å². The molecule has 0 atom stereocenters. The van der Waals surface area contributed by atoms with E-state index in [4.69, 9.17) is 0 Å². The van der Waals surface area contributed by atoms with Crippen LogP contribution < -0.4 is 16.2 Å². The Kier molecular flexibility index (Phi) is 6.03. The molecule has 7 heteroatoms. The number of hydrogen-bond acceptors (Lipinski definition) is 5. The molecule has 3 rings (SSSR count). The Hall–Kier alpha value is -2.93. The zero-order chi connectivity index (χ0) is 19.2. The molecule has 3 N–H and O–H groups in total. The van der Waals surface area contributed by atoms with Crippen molar-refractivity contribution in [2.45, 2.75) is 19.4 Å². The third-order valence-electron chi connectivity index (χ3n) is 4.55. The second kappa shape index (κ2) is 8.64. The van der Waals surface area contributed by atoms with E-state index in [1.54, 1.807) is 29.4 Å². The lowest BCUT2D eigenvalue weighted by Gasteiger charge is -2.39. The summed E-state index contributed by atoms with van der Waals surface area (Å²) in [6, 6.07) is 5.88. The van der Waals surface area contributed by atoms with Crippen LogP contribution in [0, 0.1) is 0 Å². The first-order valence-corrected chi connectivity index (χ1v) is 9.15. The minimum absolute atomic E-state index is 0.00478. The normalized spacial score (nSPS) is 14.4. The number of amides is 1. The Balaban J connectivity index is 1.65. The van der Waals surface area contributed by atoms with E-state index in [9.17, 15) is 9.59 Å². The van der Waals surface area contributed by atoms with Gasteiger partial charge in [-0.25, -0.2) is 0 Å². The highest BCUT2D eigenvalue weighted by Crippen LogP contribution is 2.21. The number of likely N-dealkylation sites (N-methyl/N-ethyl adjacent to an activating group) is 1. The summed E-state index contributed by atoms with van der Waals surface area (Å²) < 4.78 is 0. The summed E-state index contributed by atoms with van der Waals surface area (Å²) in [6.45, 7) is 3.89. The van der Waals surface area contributed by atoms with Gasteiger partial charge in [-0.2, -0.15) is 0 Å². The molecule has 0 unspecified atom stereocenters. The lowest BCUT2D eigenvalue weighted by molar-refractivity contribution is -0.129. The molecule has 0 saturated carbocycles. The topological polar surface area (TPSA) is 90.1 Å². The Labute approximate surface area is 158 Å². The molecule has 2 aromatic rings. The number of nitrogens with one attached hydrogen (secondary N) is 3. The van der Waals surface area contributed by atoms with Gasteiger partial charge in [-0.15, -0.1) is 0 Å². The van der Waals surface area contributed by atoms with Crippen LogP contribution in [0.4, 0.5) is 5.69 Å². The van der Waals surface area contributed by atoms with E-state index in [0.717, 1.165) is 23.2 Å². The fourth-order valence-electron chi connectivity index (χ4n) is 2.96. The summed E-state index contributed by atoms with van der Waals surface area (Å²) in [7, 11) is 1.83. The summed E-state index contributed by atoms with van der Waals surface area (Å²) in [4.78, 5) is 33.0. The Bertz CT molecular complexity index is 884. The van der Waals surface area contributed by atoms with Gasteiger partial charge < -0.3 is 20.5 Å². The molecule has 2 aromatic heterocycles. The van der Waals surface area contributed by atoms with Crippen LogP contribution in [0.25, 0.3) is 11.1 Å². The van der Waals surface area contributed by atoms with Crippen molar-refractivity contribution < 1.29 is 4.79 Å². The van der Waals surface area contributed by atoms with Gasteiger partial charge in [-0.1, -0.05) is 13.0 Å². The van der Waals surface area contributed by atoms with Gasteiger partial charge in [0.1, 0.15) is 5.69 Å². The van der Waals surface area contributed by atoms with Crippen LogP contribution in [0.3, 0.4) is 0 Å². The number of aromatic nitrogens is 2. The molecule has 0 aliphatic carbocycles. The van der Waals surface area contributed by atoms with Crippen LogP contribution in [0.1, 0.15) is 12.6 Å². The van der Waals surface area contributed by atoms with E-state index in [1.807, 2.05) is 25.2 Å². The fourth-order valence-corrected chi connectivity index (χ4v) is 2.96. The number of nitrogens with zero attached hydrogens (tertiary/aromatic N) is 2. The van der Waals surface area contributed by atoms with Gasteiger partial charge in [0, 0.05) is 49.4 Å². The summed E-state index contributed by atoms with van der Waals surface area (Å²) >= 11 is 0. The van der Waals surface area contributed by atoms with Crippen molar-refractivity contribution in [3.63, 3.8) is 0 Å². The van der Waals surface area contributed by atoms with Gasteiger partial charge in [-0.05, 0) is 37.2 Å². The summed E-state index contributed by atoms with van der Waals surface area (Å²) in [6.07, 6.45) is 7.73. The van der Waals surface area contributed by atoms with Crippen LogP contribution in [-0.2, 0) is 11.2 Å². The molecule has 142 valence electrons. The SMILES string of the molecule is CCc1cc(-c2c[nH]c(=O)c(NC3CN(C(=O)/C=C/CNC)C3)c2)ccn1. The fraction of sp³-hybridized carbons (Fsp3) is 0.350. The molecule has 3 heterocycles. The molecule has 1 fully saturated rings. The summed E-state index contributed by atoms with van der Waals surface area (Å²) in [5.74, 6) is -0.00478. The molecule has 27 heavy (non-hydrogen) atoms. The number of aromatic amines is 1. The molecular formula is C20H25N5O2. The monoisotopic (exact) mass is 367 g/mol. The first kappa shape index (κ1) is 18.8. The number of pyridine rings is 2. The van der Waals surface area contributed by atoms with Crippen molar-refractivity contribution in [2.75, 3.05) is 32.0 Å². The van der Waals surface area contributed by atoms with Crippen molar-refractivity contribution in [1.82, 2.24) is 20.2 Å². The quantitative estimate of drug-likeness (QED) is 0.644. The number of aryl methyl sites for hydroxylation is 1. The second-order valence-electron chi connectivity index (χ2n) is 6.57. The number of hydrogen-bond donors (Lipinski definition) is 3. The Morgan fingerprint density at radius 2 is 2.19 bits per heavy atom. The molecule has 1 aliphatic rings. The van der Waals surface area contributed by atoms with Crippen molar-refractivity contribution in [2.24, 2.45) is 0 Å². The minimum Gasteiger partial charge on any atom is -0.374 e. The predicted octanol–water partition coefficient (Wildman–Crippen LogP) is 1.40. The molecule has 0 aromatic carbocycles. The number of H-pyrrole nitrogens is 1. The van der Waals surface area contributed by atoms with Crippen LogP contribution >= 0.6 is 0 Å². The zero-order valence-electron chi connectivity index (χ0n) is 15.7. The first-order chi connectivity index (χ1) is 13.1. The maximum absolute atomic E-state index is 12.2. The maximum Gasteiger partial charge on any atom is 0.271 e. The van der Waals surface area contributed by atoms with Crippen LogP contribution in [0.15, 0.2) is 47.5 Å². The number of likely N-dealkylation sites (tertiary alicyclic amines) is 1. The van der Waals surface area contributed by atoms with E-state index >= 15 is 0 Å². The Morgan fingerprint density at radius 1 is 1.37 bits per heavy atom. The van der Waals surface area contributed by atoms with Crippen LogP contribution in [0.5, 0.6) is 0 Å². The largest absolute Gasteiger partial charge is 0.374 e. The van der Waals surface area contributed by atoms with E-state index in [0.29, 0.717) is 25.3 Å². The molecule has 0 spiro atoms. The number of anilines is 1. The second-order valence-corrected chi connectivity index (χ2v) is 6.57. The van der Waals surface area contributed by atoms with Crippen molar-refractivity contribution in [3.05, 3.63) is 58.8 Å². The van der Waals surface area contributed by atoms with Gasteiger partial charge >= 0.3 is 0 Å². The van der Waals surface area contributed by atoms with E-state index < -0.39 is 0 Å². The van der Waals surface area contributed by atoms with E-state index in [1.165, 1.54) is 0 Å². The molecule has 1 aliphatic heterocycles. The third kappa shape index (κ3) is 4.62. The van der Waals surface area contributed by atoms with Gasteiger partial charge in [0.15, 0.2) is 0 Å². The molecular weight excluding hydrogens is 342 g/mol. The van der Waals surface area contributed by atoms with Gasteiger partial charge in [-0.3, -0.25) is 14.6 Å². The average Bonchev–Trinajstić information content (AvgIpc) is 2.65. The maximum atomic E-state index is 12.2. The lowest BCUT2D eigenvalue weighted by Crippen LogP contribution is -2.57. The highest BCUT2D eigenvalue weighted by Gasteiger charge is 2.29. The summed E-state index contributed by atoms with van der Waals surface area (Å²) in [5.41, 5.74) is 3.30. The first-order valence-electron chi connectivity index (χ1n) is 9.15. The molecule has 0 bridgehead atoms. The smallest absolute Gasteiger partial charge is 0.271 e. The Morgan fingerprint density at radius 3 is 2.93 bits per heavy atom. The zero-order valence-corrected chi connectivity index (χ0v) is 15.7. The average molecular weight is 367 g/mol. The lowest BCUT2D eigenvalue weighted by atomic mass is 10.1. The van der Waals surface area contributed by atoms with Gasteiger partial charge in [0.25, 0.3) is 5.56 Å². The minimum atomic E-state index is -0.165. The highest BCUT2D eigenvalue weighted by molar-refractivity contribution is 5.88. The number of carbonyl (C=O) groups is 1.